The molecular weight excluding hydrogens is 332 g/mol. The Labute approximate surface area is 166 Å². The third kappa shape index (κ3) is 13.8. The zero-order valence-corrected chi connectivity index (χ0v) is 17.1. The van der Waals surface area contributed by atoms with Gasteiger partial charge in [0.15, 0.2) is 0 Å². The van der Waals surface area contributed by atoms with Gasteiger partial charge in [0.25, 0.3) is 0 Å². The van der Waals surface area contributed by atoms with Gasteiger partial charge in [0, 0.05) is 6.07 Å². The number of benzene rings is 1. The molecule has 1 aromatic rings. The number of unbranched alkanes of at least 4 members (excludes halogenated alkanes) is 7. The van der Waals surface area contributed by atoms with E-state index in [2.05, 4.69) is 43.4 Å². The quantitative estimate of drug-likeness (QED) is 0.246. The topological polar surface area (TPSA) is 40.5 Å². The summed E-state index contributed by atoms with van der Waals surface area (Å²) in [6.07, 6.45) is 27.7. The molecule has 0 heterocycles. The van der Waals surface area contributed by atoms with Crippen LogP contribution in [0, 0.1) is 0 Å². The van der Waals surface area contributed by atoms with Crippen LogP contribution in [0.5, 0.6) is 11.5 Å². The van der Waals surface area contributed by atoms with Crippen molar-refractivity contribution in [1.82, 2.24) is 0 Å². The van der Waals surface area contributed by atoms with Crippen LogP contribution >= 0.6 is 0 Å². The largest absolute Gasteiger partial charge is 0.508 e. The molecule has 0 atom stereocenters. The summed E-state index contributed by atoms with van der Waals surface area (Å²) >= 11 is 0. The number of hydrogen-bond donors (Lipinski definition) is 2. The lowest BCUT2D eigenvalue weighted by molar-refractivity contribution is 0.449. The highest BCUT2D eigenvalue weighted by atomic mass is 16.3. The van der Waals surface area contributed by atoms with E-state index in [1.54, 1.807) is 12.1 Å². The van der Waals surface area contributed by atoms with Gasteiger partial charge in [0.2, 0.25) is 0 Å². The van der Waals surface area contributed by atoms with Crippen LogP contribution in [0.2, 0.25) is 0 Å². The van der Waals surface area contributed by atoms with E-state index >= 15 is 0 Å². The minimum Gasteiger partial charge on any atom is -0.508 e. The molecule has 0 unspecified atom stereocenters. The molecule has 0 aliphatic rings. The van der Waals surface area contributed by atoms with Crippen molar-refractivity contribution in [3.05, 3.63) is 60.2 Å². The highest BCUT2D eigenvalue weighted by Gasteiger charge is 1.99. The molecule has 0 saturated carbocycles. The molecule has 0 aliphatic carbocycles. The summed E-state index contributed by atoms with van der Waals surface area (Å²) in [7, 11) is 0. The van der Waals surface area contributed by atoms with E-state index in [-0.39, 0.29) is 11.5 Å². The maximum Gasteiger partial charge on any atom is 0.119 e. The van der Waals surface area contributed by atoms with Crippen molar-refractivity contribution in [2.24, 2.45) is 0 Å². The smallest absolute Gasteiger partial charge is 0.119 e. The minimum atomic E-state index is 0.152. The van der Waals surface area contributed by atoms with Crippen LogP contribution in [0.3, 0.4) is 0 Å². The second kappa shape index (κ2) is 16.2. The van der Waals surface area contributed by atoms with Gasteiger partial charge in [0.05, 0.1) is 0 Å². The predicted octanol–water partition coefficient (Wildman–Crippen LogP) is 7.62. The number of phenols is 2. The average Bonchev–Trinajstić information content (AvgIpc) is 2.63. The number of rotatable bonds is 15. The fourth-order valence-electron chi connectivity index (χ4n) is 3.10. The molecule has 0 aliphatic heterocycles. The number of aryl methyl sites for hydroxylation is 1. The van der Waals surface area contributed by atoms with E-state index in [4.69, 9.17) is 0 Å². The van der Waals surface area contributed by atoms with Crippen molar-refractivity contribution in [1.29, 1.82) is 0 Å². The second-order valence-electron chi connectivity index (χ2n) is 7.17. The third-order valence-corrected chi connectivity index (χ3v) is 4.58. The van der Waals surface area contributed by atoms with E-state index in [1.807, 2.05) is 0 Å². The van der Waals surface area contributed by atoms with Gasteiger partial charge in [-0.3, -0.25) is 0 Å². The average molecular weight is 371 g/mol. The van der Waals surface area contributed by atoms with Gasteiger partial charge in [-0.25, -0.2) is 0 Å². The van der Waals surface area contributed by atoms with Crippen molar-refractivity contribution in [2.75, 3.05) is 0 Å². The Hall–Kier alpha value is -1.96. The highest BCUT2D eigenvalue weighted by Crippen LogP contribution is 2.22. The monoisotopic (exact) mass is 370 g/mol. The number of hydrogen-bond acceptors (Lipinski definition) is 2. The van der Waals surface area contributed by atoms with E-state index in [1.165, 1.54) is 51.0 Å². The molecule has 0 aromatic heterocycles. The van der Waals surface area contributed by atoms with Crippen molar-refractivity contribution in [3.63, 3.8) is 0 Å². The lowest BCUT2D eigenvalue weighted by Crippen LogP contribution is -1.86. The van der Waals surface area contributed by atoms with Crippen molar-refractivity contribution >= 4 is 0 Å². The molecule has 2 N–H and O–H groups in total. The van der Waals surface area contributed by atoms with Crippen LogP contribution in [0.15, 0.2) is 54.7 Å². The number of aromatic hydroxyl groups is 2. The molecule has 0 fully saturated rings. The van der Waals surface area contributed by atoms with Gasteiger partial charge in [-0.1, -0.05) is 75.5 Å². The fraction of sp³-hybridized carbons (Fsp3) is 0.520. The molecule has 150 valence electrons. The number of phenolic OH excluding ortho intramolecular Hbond substituents is 2. The first-order valence-corrected chi connectivity index (χ1v) is 10.7. The van der Waals surface area contributed by atoms with E-state index < -0.39 is 0 Å². The lowest BCUT2D eigenvalue weighted by atomic mass is 10.0. The minimum absolute atomic E-state index is 0.152. The predicted molar refractivity (Wildman–Crippen MR) is 117 cm³/mol. The third-order valence-electron chi connectivity index (χ3n) is 4.58. The molecule has 2 nitrogen and oxygen atoms in total. The molecular formula is C25H38O2. The van der Waals surface area contributed by atoms with E-state index in [0.29, 0.717) is 0 Å². The summed E-state index contributed by atoms with van der Waals surface area (Å²) in [6.45, 7) is 2.16. The molecule has 1 rings (SSSR count). The van der Waals surface area contributed by atoms with Crippen LogP contribution in [-0.4, -0.2) is 10.2 Å². The zero-order chi connectivity index (χ0) is 19.6. The molecule has 0 radical (unpaired) electrons. The maximum atomic E-state index is 9.47. The highest BCUT2D eigenvalue weighted by molar-refractivity contribution is 5.36. The standard InChI is InChI=1S/C25H38O2/c1-2-3-4-5-6-7-8-9-10-11-12-13-14-15-16-17-18-19-23-20-24(26)22-25(27)21-23/h3-4,6-7,9-10,20-22,26-27H,2,5,8,11-19H2,1H3/b4-3-,7-6-,10-9-. The Balaban J connectivity index is 1.89. The Morgan fingerprint density at radius 3 is 1.78 bits per heavy atom. The summed E-state index contributed by atoms with van der Waals surface area (Å²) in [5.74, 6) is 0.304. The van der Waals surface area contributed by atoms with Crippen molar-refractivity contribution in [3.8, 4) is 11.5 Å². The van der Waals surface area contributed by atoms with Gasteiger partial charge < -0.3 is 10.2 Å². The zero-order valence-electron chi connectivity index (χ0n) is 17.1. The molecule has 2 heteroatoms. The molecule has 0 amide bonds. The van der Waals surface area contributed by atoms with Crippen molar-refractivity contribution in [2.45, 2.75) is 84.0 Å². The molecule has 0 spiro atoms. The van der Waals surface area contributed by atoms with Gasteiger partial charge in [-0.2, -0.15) is 0 Å². The summed E-state index contributed by atoms with van der Waals surface area (Å²) in [5.41, 5.74) is 1.02. The first kappa shape index (κ1) is 23.1. The maximum absolute atomic E-state index is 9.47. The Morgan fingerprint density at radius 1 is 0.630 bits per heavy atom. The van der Waals surface area contributed by atoms with Crippen LogP contribution < -0.4 is 0 Å². The Morgan fingerprint density at radius 2 is 1.15 bits per heavy atom. The summed E-state index contributed by atoms with van der Waals surface area (Å²) in [4.78, 5) is 0. The molecule has 0 bridgehead atoms. The first-order valence-electron chi connectivity index (χ1n) is 10.7. The Bertz CT molecular complexity index is 549. The van der Waals surface area contributed by atoms with Gasteiger partial charge in [-0.05, 0) is 62.6 Å². The summed E-state index contributed by atoms with van der Waals surface area (Å²) in [5, 5.41) is 18.9. The van der Waals surface area contributed by atoms with Crippen LogP contribution in [0.4, 0.5) is 0 Å². The Kier molecular flexibility index (Phi) is 13.9. The van der Waals surface area contributed by atoms with Crippen LogP contribution in [-0.2, 0) is 6.42 Å². The lowest BCUT2D eigenvalue weighted by Gasteiger charge is -2.04. The molecule has 0 saturated heterocycles. The normalized spacial score (nSPS) is 12.0. The second-order valence-corrected chi connectivity index (χ2v) is 7.17. The fourth-order valence-corrected chi connectivity index (χ4v) is 3.10. The van der Waals surface area contributed by atoms with E-state index in [9.17, 15) is 10.2 Å². The van der Waals surface area contributed by atoms with Crippen LogP contribution in [0.1, 0.15) is 83.1 Å². The van der Waals surface area contributed by atoms with Gasteiger partial charge >= 0.3 is 0 Å². The molecule has 27 heavy (non-hydrogen) atoms. The van der Waals surface area contributed by atoms with Gasteiger partial charge in [-0.15, -0.1) is 0 Å². The first-order chi connectivity index (χ1) is 13.2. The van der Waals surface area contributed by atoms with Crippen LogP contribution in [0.25, 0.3) is 0 Å². The molecule has 1 aromatic carbocycles. The van der Waals surface area contributed by atoms with E-state index in [0.717, 1.165) is 37.7 Å². The number of allylic oxidation sites excluding steroid dienone is 6. The summed E-state index contributed by atoms with van der Waals surface area (Å²) in [6, 6.07) is 4.86. The van der Waals surface area contributed by atoms with Gasteiger partial charge in [0.1, 0.15) is 11.5 Å². The van der Waals surface area contributed by atoms with Crippen molar-refractivity contribution < 1.29 is 10.2 Å². The SMILES string of the molecule is CC/C=C\C/C=C\C/C=C\CCCCCCCCCc1cc(O)cc(O)c1. The summed E-state index contributed by atoms with van der Waals surface area (Å²) < 4.78 is 0.